The van der Waals surface area contributed by atoms with Crippen molar-refractivity contribution in [2.75, 3.05) is 5.32 Å². The Balaban J connectivity index is 1.71. The van der Waals surface area contributed by atoms with Gasteiger partial charge in [-0.15, -0.1) is 0 Å². The highest BCUT2D eigenvalue weighted by Crippen LogP contribution is 2.18. The molecule has 0 spiro atoms. The van der Waals surface area contributed by atoms with Crippen molar-refractivity contribution < 1.29 is 23.9 Å². The van der Waals surface area contributed by atoms with Gasteiger partial charge in [0.1, 0.15) is 30.0 Å². The van der Waals surface area contributed by atoms with Gasteiger partial charge in [-0.1, -0.05) is 62.4 Å². The van der Waals surface area contributed by atoms with Crippen molar-refractivity contribution in [1.29, 1.82) is 0 Å². The Labute approximate surface area is 255 Å². The van der Waals surface area contributed by atoms with Crippen LogP contribution in [0.25, 0.3) is 0 Å². The maximum absolute atomic E-state index is 13.5. The minimum Gasteiger partial charge on any atom is -0.489 e. The molecule has 8 nitrogen and oxygen atoms in total. The molecular weight excluding hydrogens is 542 g/mol. The molecule has 0 unspecified atom stereocenters. The fraction of sp³-hybridized carbons (Fsp3) is 0.400. The lowest BCUT2D eigenvalue weighted by Crippen LogP contribution is -2.54. The summed E-state index contributed by atoms with van der Waals surface area (Å²) < 4.78 is 11.5. The fourth-order valence-electron chi connectivity index (χ4n) is 4.61. The lowest BCUT2D eigenvalue weighted by molar-refractivity contribution is -0.158. The summed E-state index contributed by atoms with van der Waals surface area (Å²) >= 11 is 0. The zero-order chi connectivity index (χ0) is 31.6. The number of amides is 3. The minimum atomic E-state index is -0.957. The molecule has 3 amide bonds. The molecule has 3 aromatic carbocycles. The van der Waals surface area contributed by atoms with E-state index in [0.29, 0.717) is 24.5 Å². The predicted molar refractivity (Wildman–Crippen MR) is 170 cm³/mol. The van der Waals surface area contributed by atoms with Gasteiger partial charge in [0, 0.05) is 12.1 Å². The van der Waals surface area contributed by atoms with Crippen LogP contribution in [-0.4, -0.2) is 35.6 Å². The van der Waals surface area contributed by atoms with Crippen molar-refractivity contribution in [3.63, 3.8) is 0 Å². The first-order valence-electron chi connectivity index (χ1n) is 14.7. The van der Waals surface area contributed by atoms with Crippen molar-refractivity contribution in [3.8, 4) is 5.75 Å². The smallest absolute Gasteiger partial charge is 0.329 e. The molecule has 3 N–H and O–H groups in total. The van der Waals surface area contributed by atoms with E-state index in [2.05, 4.69) is 16.0 Å². The summed E-state index contributed by atoms with van der Waals surface area (Å²) in [6, 6.07) is 20.7. The Morgan fingerprint density at radius 1 is 0.791 bits per heavy atom. The molecule has 43 heavy (non-hydrogen) atoms. The molecule has 230 valence electrons. The second-order valence-corrected chi connectivity index (χ2v) is 12.4. The average Bonchev–Trinajstić information content (AvgIpc) is 2.90. The quantitative estimate of drug-likeness (QED) is 0.210. The van der Waals surface area contributed by atoms with Gasteiger partial charge in [-0.05, 0) is 93.5 Å². The van der Waals surface area contributed by atoms with Crippen molar-refractivity contribution in [2.24, 2.45) is 5.92 Å². The molecule has 0 bridgehead atoms. The van der Waals surface area contributed by atoms with E-state index in [1.54, 1.807) is 20.8 Å². The third-order valence-electron chi connectivity index (χ3n) is 6.43. The van der Waals surface area contributed by atoms with Gasteiger partial charge < -0.3 is 25.4 Å². The van der Waals surface area contributed by atoms with Crippen LogP contribution < -0.4 is 20.7 Å². The number of carbonyl (C=O) groups is 3. The van der Waals surface area contributed by atoms with E-state index in [9.17, 15) is 14.4 Å². The highest BCUT2D eigenvalue weighted by molar-refractivity contribution is 5.95. The summed E-state index contributed by atoms with van der Waals surface area (Å²) in [4.78, 5) is 39.7. The summed E-state index contributed by atoms with van der Waals surface area (Å²) in [6.07, 6.45) is 0.601. The highest BCUT2D eigenvalue weighted by Gasteiger charge is 2.30. The van der Waals surface area contributed by atoms with Crippen LogP contribution in [0.1, 0.15) is 63.3 Å². The molecule has 0 aliphatic carbocycles. The highest BCUT2D eigenvalue weighted by atomic mass is 16.6. The summed E-state index contributed by atoms with van der Waals surface area (Å²) in [7, 11) is 0. The van der Waals surface area contributed by atoms with Gasteiger partial charge in [0.15, 0.2) is 0 Å². The standard InChI is InChI=1S/C35H45N3O5/c1-23(2)17-30(38-34(41)36-28-19-24(3)18-25(4)20-28)32(39)37-31(33(40)43-35(5,6)7)21-26-13-15-29(16-14-26)42-22-27-11-9-8-10-12-27/h8-16,18-20,23,30-31H,17,21-22H2,1-7H3,(H,37,39)(H2,36,38,41)/t30-,31-/m0/s1. The molecule has 0 radical (unpaired) electrons. The molecule has 0 saturated carbocycles. The average molecular weight is 588 g/mol. The van der Waals surface area contributed by atoms with E-state index in [1.807, 2.05) is 100 Å². The summed E-state index contributed by atoms with van der Waals surface area (Å²) in [5.74, 6) is -0.196. The Kier molecular flexibility index (Phi) is 11.8. The number of nitrogens with one attached hydrogen (secondary N) is 3. The van der Waals surface area contributed by atoms with E-state index in [0.717, 1.165) is 22.3 Å². The lowest BCUT2D eigenvalue weighted by Gasteiger charge is -2.27. The zero-order valence-corrected chi connectivity index (χ0v) is 26.3. The molecule has 0 aliphatic heterocycles. The first kappa shape index (κ1) is 33.2. The Hall–Kier alpha value is -4.33. The number of ether oxygens (including phenoxy) is 2. The maximum atomic E-state index is 13.5. The van der Waals surface area contributed by atoms with Crippen LogP contribution >= 0.6 is 0 Å². The van der Waals surface area contributed by atoms with Crippen LogP contribution in [0, 0.1) is 19.8 Å². The summed E-state index contributed by atoms with van der Waals surface area (Å²) in [5.41, 5.74) is 3.82. The van der Waals surface area contributed by atoms with Crippen molar-refractivity contribution in [2.45, 2.75) is 85.6 Å². The van der Waals surface area contributed by atoms with E-state index in [1.165, 1.54) is 0 Å². The van der Waals surface area contributed by atoms with Gasteiger partial charge in [0.05, 0.1) is 0 Å². The van der Waals surface area contributed by atoms with Crippen LogP contribution in [0.3, 0.4) is 0 Å². The van der Waals surface area contributed by atoms with Gasteiger partial charge in [0.2, 0.25) is 5.91 Å². The minimum absolute atomic E-state index is 0.112. The number of aryl methyl sites for hydroxylation is 2. The monoisotopic (exact) mass is 587 g/mol. The number of carbonyl (C=O) groups excluding carboxylic acids is 3. The molecule has 8 heteroatoms. The predicted octanol–water partition coefficient (Wildman–Crippen LogP) is 6.49. The zero-order valence-electron chi connectivity index (χ0n) is 26.3. The first-order valence-corrected chi connectivity index (χ1v) is 14.7. The number of hydrogen-bond donors (Lipinski definition) is 3. The van der Waals surface area contributed by atoms with Crippen molar-refractivity contribution in [3.05, 3.63) is 95.1 Å². The molecule has 3 aromatic rings. The van der Waals surface area contributed by atoms with Gasteiger partial charge in [0.25, 0.3) is 0 Å². The van der Waals surface area contributed by atoms with Crippen LogP contribution in [0.4, 0.5) is 10.5 Å². The summed E-state index contributed by atoms with van der Waals surface area (Å²) in [6.45, 7) is 13.6. The normalized spacial score (nSPS) is 12.7. The van der Waals surface area contributed by atoms with Gasteiger partial charge in [-0.2, -0.15) is 0 Å². The molecular formula is C35H45N3O5. The van der Waals surface area contributed by atoms with E-state index in [-0.39, 0.29) is 12.3 Å². The van der Waals surface area contributed by atoms with Crippen LogP contribution in [0.5, 0.6) is 5.75 Å². The fourth-order valence-corrected chi connectivity index (χ4v) is 4.61. The van der Waals surface area contributed by atoms with Crippen LogP contribution in [0.2, 0.25) is 0 Å². The molecule has 0 aliphatic rings. The third kappa shape index (κ3) is 11.8. The van der Waals surface area contributed by atoms with E-state index >= 15 is 0 Å². The second kappa shape index (κ2) is 15.2. The van der Waals surface area contributed by atoms with Gasteiger partial charge >= 0.3 is 12.0 Å². The van der Waals surface area contributed by atoms with Crippen molar-refractivity contribution >= 4 is 23.6 Å². The molecule has 0 saturated heterocycles. The van der Waals surface area contributed by atoms with Crippen LogP contribution in [0.15, 0.2) is 72.8 Å². The number of urea groups is 1. The van der Waals surface area contributed by atoms with E-state index < -0.39 is 35.6 Å². The number of esters is 1. The third-order valence-corrected chi connectivity index (χ3v) is 6.43. The first-order chi connectivity index (χ1) is 20.3. The Bertz CT molecular complexity index is 1340. The SMILES string of the molecule is Cc1cc(C)cc(NC(=O)N[C@@H](CC(C)C)C(=O)N[C@@H](Cc2ccc(OCc3ccccc3)cc2)C(=O)OC(C)(C)C)c1. The largest absolute Gasteiger partial charge is 0.489 e. The Morgan fingerprint density at radius 3 is 2.00 bits per heavy atom. The second-order valence-electron chi connectivity index (χ2n) is 12.4. The number of hydrogen-bond acceptors (Lipinski definition) is 5. The topological polar surface area (TPSA) is 106 Å². The maximum Gasteiger partial charge on any atom is 0.329 e. The molecule has 2 atom stereocenters. The van der Waals surface area contributed by atoms with Gasteiger partial charge in [-0.25, -0.2) is 9.59 Å². The molecule has 0 aromatic heterocycles. The van der Waals surface area contributed by atoms with Crippen LogP contribution in [-0.2, 0) is 27.4 Å². The lowest BCUT2D eigenvalue weighted by atomic mass is 10.0. The molecule has 0 heterocycles. The number of rotatable bonds is 12. The molecule has 0 fully saturated rings. The van der Waals surface area contributed by atoms with Crippen molar-refractivity contribution in [1.82, 2.24) is 10.6 Å². The Morgan fingerprint density at radius 2 is 1.42 bits per heavy atom. The van der Waals surface area contributed by atoms with Gasteiger partial charge in [-0.3, -0.25) is 4.79 Å². The van der Waals surface area contributed by atoms with E-state index in [4.69, 9.17) is 9.47 Å². The molecule has 3 rings (SSSR count). The summed E-state index contributed by atoms with van der Waals surface area (Å²) in [5, 5.41) is 8.47. The number of benzene rings is 3. The number of anilines is 1.